The quantitative estimate of drug-likeness (QED) is 0.381. The first-order valence-corrected chi connectivity index (χ1v) is 13.4. The van der Waals surface area contributed by atoms with Crippen LogP contribution in [0.3, 0.4) is 0 Å². The second-order valence-electron chi connectivity index (χ2n) is 9.25. The fourth-order valence-electron chi connectivity index (χ4n) is 5.69. The molecule has 2 heterocycles. The lowest BCUT2D eigenvalue weighted by Crippen LogP contribution is -2.78. The van der Waals surface area contributed by atoms with E-state index in [0.29, 0.717) is 17.7 Å². The van der Waals surface area contributed by atoms with Gasteiger partial charge < -0.3 is 13.8 Å². The van der Waals surface area contributed by atoms with Gasteiger partial charge in [-0.2, -0.15) is 0 Å². The van der Waals surface area contributed by atoms with Crippen molar-refractivity contribution in [2.75, 3.05) is 39.1 Å². The molecule has 2 bridgehead atoms. The van der Waals surface area contributed by atoms with E-state index in [-0.39, 0.29) is 10.8 Å². The Morgan fingerprint density at radius 2 is 1.77 bits per heavy atom. The van der Waals surface area contributed by atoms with E-state index in [4.69, 9.17) is 4.74 Å². The van der Waals surface area contributed by atoms with E-state index in [2.05, 4.69) is 19.2 Å². The van der Waals surface area contributed by atoms with E-state index in [1.165, 1.54) is 12.1 Å². The fraction of sp³-hybridized carbons (Fsp3) is 0.619. The number of hydrogen-bond donors (Lipinski definition) is 0. The van der Waals surface area contributed by atoms with Crippen molar-refractivity contribution < 1.29 is 30.6 Å². The second kappa shape index (κ2) is 7.41. The summed E-state index contributed by atoms with van der Waals surface area (Å²) in [5, 5.41) is 0. The minimum absolute atomic E-state index is 0.178. The van der Waals surface area contributed by atoms with Gasteiger partial charge in [-0.3, -0.25) is 0 Å². The number of allylic oxidation sites excluding steroid dienone is 2. The molecule has 1 aromatic carbocycles. The molecule has 3 fully saturated rings. The first-order valence-electron chi connectivity index (χ1n) is 10.3. The number of aryl methyl sites for hydroxylation is 1. The maximum atomic E-state index is 12.6. The summed E-state index contributed by atoms with van der Waals surface area (Å²) >= 11 is 0. The normalized spacial score (nSPS) is 35.5. The van der Waals surface area contributed by atoms with Crippen LogP contribution in [0.1, 0.15) is 18.4 Å². The fourth-order valence-corrected chi connectivity index (χ4v) is 9.10. The van der Waals surface area contributed by atoms with Crippen molar-refractivity contribution in [3.05, 3.63) is 42.0 Å². The van der Waals surface area contributed by atoms with Gasteiger partial charge in [0.25, 0.3) is 0 Å². The molecule has 4 aliphatic rings. The Bertz CT molecular complexity index is 1040. The largest absolute Gasteiger partial charge is 0.744 e. The highest BCUT2D eigenvalue weighted by atomic mass is 32.2. The van der Waals surface area contributed by atoms with Crippen LogP contribution in [0.25, 0.3) is 0 Å². The number of likely N-dealkylation sites (N-methyl/N-ethyl adjacent to an activating group) is 1. The van der Waals surface area contributed by atoms with Crippen molar-refractivity contribution >= 4 is 20.0 Å². The van der Waals surface area contributed by atoms with Crippen LogP contribution in [0.4, 0.5) is 0 Å². The summed E-state index contributed by atoms with van der Waals surface area (Å²) in [5.41, 5.74) is 0.928. The summed E-state index contributed by atoms with van der Waals surface area (Å²) in [7, 11) is -4.93. The summed E-state index contributed by atoms with van der Waals surface area (Å²) in [6, 6.07) is 6.08. The van der Waals surface area contributed by atoms with Crippen LogP contribution in [0.2, 0.25) is 0 Å². The zero-order chi connectivity index (χ0) is 21.8. The van der Waals surface area contributed by atoms with Crippen LogP contribution in [0.15, 0.2) is 41.3 Å². The molecule has 1 aromatic rings. The molecule has 2 aliphatic heterocycles. The van der Waals surface area contributed by atoms with Gasteiger partial charge in [0.05, 0.1) is 25.2 Å². The van der Waals surface area contributed by atoms with Gasteiger partial charge in [-0.1, -0.05) is 29.8 Å². The Hall–Kier alpha value is -1.26. The molecule has 0 amide bonds. The predicted octanol–water partition coefficient (Wildman–Crippen LogP) is 1.49. The third-order valence-electron chi connectivity index (χ3n) is 7.46. The molecule has 4 atom stereocenters. The highest BCUT2D eigenvalue weighted by molar-refractivity contribution is 7.94. The van der Waals surface area contributed by atoms with Gasteiger partial charge in [-0.15, -0.1) is 0 Å². The minimum Gasteiger partial charge on any atom is -0.744 e. The summed E-state index contributed by atoms with van der Waals surface area (Å²) in [6.07, 6.45) is 6.35. The predicted molar refractivity (Wildman–Crippen MR) is 112 cm³/mol. The van der Waals surface area contributed by atoms with Gasteiger partial charge in [-0.25, -0.2) is 16.8 Å². The number of quaternary nitrogens is 1. The van der Waals surface area contributed by atoms with Crippen molar-refractivity contribution in [1.29, 1.82) is 0 Å². The molecule has 0 aromatic heterocycles. The van der Waals surface area contributed by atoms with Crippen molar-refractivity contribution in [3.63, 3.8) is 0 Å². The lowest BCUT2D eigenvalue weighted by atomic mass is 9.83. The lowest BCUT2D eigenvalue weighted by Gasteiger charge is -2.58. The minimum atomic E-state index is -4.27. The highest BCUT2D eigenvalue weighted by Gasteiger charge is 2.73. The Labute approximate surface area is 179 Å². The molecular weight excluding hydrogens is 426 g/mol. The van der Waals surface area contributed by atoms with Crippen molar-refractivity contribution in [2.45, 2.75) is 35.4 Å². The van der Waals surface area contributed by atoms with E-state index in [1.54, 1.807) is 12.1 Å². The van der Waals surface area contributed by atoms with Crippen LogP contribution in [0, 0.1) is 18.8 Å². The first-order chi connectivity index (χ1) is 14.0. The molecule has 0 radical (unpaired) electrons. The molecule has 7 nitrogen and oxygen atoms in total. The van der Waals surface area contributed by atoms with Crippen LogP contribution >= 0.6 is 0 Å². The summed E-state index contributed by atoms with van der Waals surface area (Å²) in [4.78, 5) is -0.178. The van der Waals surface area contributed by atoms with Gasteiger partial charge in [0.15, 0.2) is 9.84 Å². The topological polar surface area (TPSA) is 101 Å². The smallest absolute Gasteiger partial charge is 0.168 e. The standard InChI is InChI=1S/C14H22NO3S.C7H8O3S/c1-15(4-6-18-7-5-15)13-10-19(16,17)14(13)9-11-2-3-12(14)8-11;1-6-2-4-7(5-3-6)11(8,9)10/h2-3,11-13H,4-10H2,1H3;2-5H,1H3,(H,8,9,10)/q+1;/p-1. The highest BCUT2D eigenvalue weighted by Crippen LogP contribution is 2.59. The van der Waals surface area contributed by atoms with Gasteiger partial charge in [-0.05, 0) is 37.8 Å². The monoisotopic (exact) mass is 455 g/mol. The van der Waals surface area contributed by atoms with Gasteiger partial charge >= 0.3 is 0 Å². The third kappa shape index (κ3) is 3.54. The van der Waals surface area contributed by atoms with Gasteiger partial charge in [0.2, 0.25) is 0 Å². The molecule has 30 heavy (non-hydrogen) atoms. The van der Waals surface area contributed by atoms with E-state index >= 15 is 0 Å². The van der Waals surface area contributed by atoms with Crippen LogP contribution < -0.4 is 0 Å². The van der Waals surface area contributed by atoms with E-state index in [1.807, 2.05) is 6.92 Å². The van der Waals surface area contributed by atoms with E-state index in [9.17, 15) is 21.4 Å². The van der Waals surface area contributed by atoms with Crippen LogP contribution in [0.5, 0.6) is 0 Å². The summed E-state index contributed by atoms with van der Waals surface area (Å²) < 4.78 is 62.2. The molecule has 1 saturated carbocycles. The Morgan fingerprint density at radius 3 is 2.23 bits per heavy atom. The molecule has 0 N–H and O–H groups in total. The van der Waals surface area contributed by atoms with E-state index in [0.717, 1.165) is 49.2 Å². The SMILES string of the molecule is C[N+]1(C2CS(=O)(=O)C23CC2C=CC3C2)CCOCC1.Cc1ccc(S(=O)(=O)[O-])cc1. The molecule has 2 saturated heterocycles. The van der Waals surface area contributed by atoms with Gasteiger partial charge in [0, 0.05) is 5.92 Å². The number of nitrogens with zero attached hydrogens (tertiary/aromatic N) is 1. The number of morpholine rings is 1. The Balaban J connectivity index is 0.000000170. The molecular formula is C21H29NO6S2. The number of benzene rings is 1. The Morgan fingerprint density at radius 1 is 1.13 bits per heavy atom. The molecule has 166 valence electrons. The third-order valence-corrected chi connectivity index (χ3v) is 11.0. The summed E-state index contributed by atoms with van der Waals surface area (Å²) in [6.45, 7) is 5.29. The van der Waals surface area contributed by atoms with Crippen molar-refractivity contribution in [2.24, 2.45) is 11.8 Å². The molecule has 5 rings (SSSR count). The number of ether oxygens (including phenoxy) is 1. The zero-order valence-corrected chi connectivity index (χ0v) is 19.0. The zero-order valence-electron chi connectivity index (χ0n) is 17.4. The Kier molecular flexibility index (Phi) is 5.42. The average molecular weight is 456 g/mol. The number of rotatable bonds is 2. The maximum absolute atomic E-state index is 12.6. The summed E-state index contributed by atoms with van der Waals surface area (Å²) in [5.74, 6) is 1.18. The molecule has 9 heteroatoms. The number of sulfone groups is 1. The number of hydrogen-bond acceptors (Lipinski definition) is 6. The van der Waals surface area contributed by atoms with Crippen molar-refractivity contribution in [3.8, 4) is 0 Å². The number of fused-ring (bicyclic) bond motifs is 3. The lowest BCUT2D eigenvalue weighted by molar-refractivity contribution is -0.942. The average Bonchev–Trinajstić information content (AvgIpc) is 3.30. The van der Waals surface area contributed by atoms with Gasteiger partial charge in [0.1, 0.15) is 39.7 Å². The molecule has 4 unspecified atom stereocenters. The van der Waals surface area contributed by atoms with Crippen molar-refractivity contribution in [1.82, 2.24) is 0 Å². The first kappa shape index (κ1) is 22.0. The van der Waals surface area contributed by atoms with Crippen LogP contribution in [-0.2, 0) is 24.7 Å². The molecule has 1 spiro atoms. The second-order valence-corrected chi connectivity index (χ2v) is 13.0. The maximum Gasteiger partial charge on any atom is 0.168 e. The van der Waals surface area contributed by atoms with Crippen LogP contribution in [-0.4, -0.2) is 75.8 Å². The van der Waals surface area contributed by atoms with E-state index < -0.39 is 24.7 Å². The molecule has 2 aliphatic carbocycles.